The highest BCUT2D eigenvalue weighted by Crippen LogP contribution is 2.26. The molecular weight excluding hydrogens is 332 g/mol. The molecule has 0 bridgehead atoms. The van der Waals surface area contributed by atoms with E-state index in [4.69, 9.17) is 16.7 Å². The third kappa shape index (κ3) is 3.09. The van der Waals surface area contributed by atoms with Crippen LogP contribution in [0.3, 0.4) is 0 Å². The predicted molar refractivity (Wildman–Crippen MR) is 89.4 cm³/mol. The van der Waals surface area contributed by atoms with E-state index in [1.165, 1.54) is 12.1 Å². The van der Waals surface area contributed by atoms with Crippen LogP contribution >= 0.6 is 11.6 Å². The van der Waals surface area contributed by atoms with Crippen molar-refractivity contribution in [2.75, 3.05) is 10.2 Å². The highest BCUT2D eigenvalue weighted by Gasteiger charge is 2.39. The molecule has 2 amide bonds. The molecule has 0 spiro atoms. The molecule has 2 aromatic rings. The fourth-order valence-corrected chi connectivity index (χ4v) is 2.64. The highest BCUT2D eigenvalue weighted by atomic mass is 35.5. The van der Waals surface area contributed by atoms with E-state index < -0.39 is 12.0 Å². The fourth-order valence-electron chi connectivity index (χ4n) is 2.52. The van der Waals surface area contributed by atoms with Crippen molar-refractivity contribution in [3.63, 3.8) is 0 Å². The Morgan fingerprint density at radius 3 is 2.29 bits per heavy atom. The molecule has 1 atom stereocenters. The molecule has 0 aromatic heterocycles. The van der Waals surface area contributed by atoms with E-state index in [0.29, 0.717) is 16.4 Å². The Bertz CT molecular complexity index is 802. The zero-order valence-corrected chi connectivity index (χ0v) is 13.2. The van der Waals surface area contributed by atoms with Gasteiger partial charge in [0.1, 0.15) is 6.04 Å². The number of carboxylic acids is 1. The summed E-state index contributed by atoms with van der Waals surface area (Å²) >= 11 is 5.82. The average Bonchev–Trinajstić information content (AvgIpc) is 2.83. The topological polar surface area (TPSA) is 86.7 Å². The largest absolute Gasteiger partial charge is 0.478 e. The Labute approximate surface area is 142 Å². The minimum absolute atomic E-state index is 0.0299. The number of nitrogens with zero attached hydrogens (tertiary/aromatic N) is 1. The lowest BCUT2D eigenvalue weighted by Gasteiger charge is -2.16. The number of carbonyl (C=O) groups is 3. The molecule has 6 nitrogen and oxygen atoms in total. The van der Waals surface area contributed by atoms with Gasteiger partial charge in [-0.2, -0.15) is 0 Å². The van der Waals surface area contributed by atoms with Gasteiger partial charge in [-0.1, -0.05) is 11.6 Å². The predicted octanol–water partition coefficient (Wildman–Crippen LogP) is 2.78. The summed E-state index contributed by atoms with van der Waals surface area (Å²) in [5.41, 5.74) is 1.20. The lowest BCUT2D eigenvalue weighted by molar-refractivity contribution is -0.121. The number of halogens is 1. The third-order valence-corrected chi connectivity index (χ3v) is 3.96. The van der Waals surface area contributed by atoms with Gasteiger partial charge in [-0.25, -0.2) is 9.69 Å². The first-order valence-corrected chi connectivity index (χ1v) is 7.56. The molecule has 1 fully saturated rings. The summed E-state index contributed by atoms with van der Waals surface area (Å²) in [4.78, 5) is 36.6. The summed E-state index contributed by atoms with van der Waals surface area (Å²) in [5, 5.41) is 12.4. The van der Waals surface area contributed by atoms with Gasteiger partial charge in [0.2, 0.25) is 5.91 Å². The summed E-state index contributed by atoms with van der Waals surface area (Å²) < 4.78 is 0. The molecule has 2 aromatic carbocycles. The number of anilines is 2. The second kappa shape index (κ2) is 6.33. The molecule has 0 unspecified atom stereocenters. The maximum Gasteiger partial charge on any atom is 0.335 e. The molecule has 1 aliphatic heterocycles. The van der Waals surface area contributed by atoms with Crippen LogP contribution in [-0.2, 0) is 9.59 Å². The zero-order chi connectivity index (χ0) is 17.3. The lowest BCUT2D eigenvalue weighted by Crippen LogP contribution is -2.34. The Morgan fingerprint density at radius 1 is 1.08 bits per heavy atom. The number of amides is 2. The number of nitrogens with one attached hydrogen (secondary N) is 1. The van der Waals surface area contributed by atoms with E-state index in [-0.39, 0.29) is 23.8 Å². The number of carboxylic acid groups (broad SMARTS) is 1. The van der Waals surface area contributed by atoms with Crippen molar-refractivity contribution < 1.29 is 19.5 Å². The monoisotopic (exact) mass is 344 g/mol. The second-order valence-electron chi connectivity index (χ2n) is 5.33. The lowest BCUT2D eigenvalue weighted by atomic mass is 10.2. The van der Waals surface area contributed by atoms with Crippen LogP contribution in [0, 0.1) is 0 Å². The van der Waals surface area contributed by atoms with Crippen LogP contribution in [0.5, 0.6) is 0 Å². The SMILES string of the molecule is O=C(O)c1ccc(N[C@H]2CC(=O)N(c3ccc(Cl)cc3)C2=O)cc1. The summed E-state index contributed by atoms with van der Waals surface area (Å²) in [7, 11) is 0. The van der Waals surface area contributed by atoms with E-state index in [2.05, 4.69) is 5.32 Å². The minimum Gasteiger partial charge on any atom is -0.478 e. The molecular formula is C17H13ClN2O4. The van der Waals surface area contributed by atoms with E-state index in [1.807, 2.05) is 0 Å². The Morgan fingerprint density at radius 2 is 1.71 bits per heavy atom. The van der Waals surface area contributed by atoms with Crippen LogP contribution in [0.25, 0.3) is 0 Å². The molecule has 24 heavy (non-hydrogen) atoms. The van der Waals surface area contributed by atoms with Gasteiger partial charge in [-0.3, -0.25) is 9.59 Å². The Balaban J connectivity index is 1.76. The molecule has 7 heteroatoms. The summed E-state index contributed by atoms with van der Waals surface area (Å²) in [6, 6.07) is 11.8. The van der Waals surface area contributed by atoms with Crippen LogP contribution in [0.2, 0.25) is 5.02 Å². The van der Waals surface area contributed by atoms with Gasteiger partial charge < -0.3 is 10.4 Å². The first kappa shape index (κ1) is 16.0. The number of carbonyl (C=O) groups excluding carboxylic acids is 2. The van der Waals surface area contributed by atoms with E-state index in [0.717, 1.165) is 4.90 Å². The number of hydrogen-bond donors (Lipinski definition) is 2. The number of aromatic carboxylic acids is 1. The van der Waals surface area contributed by atoms with Crippen molar-refractivity contribution in [1.82, 2.24) is 0 Å². The molecule has 0 aliphatic carbocycles. The van der Waals surface area contributed by atoms with Gasteiger partial charge in [-0.15, -0.1) is 0 Å². The van der Waals surface area contributed by atoms with Crippen molar-refractivity contribution in [3.8, 4) is 0 Å². The van der Waals surface area contributed by atoms with E-state index in [1.54, 1.807) is 36.4 Å². The molecule has 0 radical (unpaired) electrons. The van der Waals surface area contributed by atoms with Crippen molar-refractivity contribution >= 4 is 40.8 Å². The smallest absolute Gasteiger partial charge is 0.335 e. The van der Waals surface area contributed by atoms with Gasteiger partial charge >= 0.3 is 5.97 Å². The van der Waals surface area contributed by atoms with Gasteiger partial charge in [-0.05, 0) is 48.5 Å². The van der Waals surface area contributed by atoms with Crippen LogP contribution in [0.4, 0.5) is 11.4 Å². The van der Waals surface area contributed by atoms with Gasteiger partial charge in [0, 0.05) is 10.7 Å². The second-order valence-corrected chi connectivity index (χ2v) is 5.76. The van der Waals surface area contributed by atoms with E-state index >= 15 is 0 Å². The standard InChI is InChI=1S/C17H13ClN2O4/c18-11-3-7-13(8-4-11)20-15(21)9-14(16(20)22)19-12-5-1-10(2-6-12)17(23)24/h1-8,14,19H,9H2,(H,23,24)/t14-/m0/s1. The maximum atomic E-state index is 12.5. The molecule has 1 aliphatic rings. The molecule has 1 heterocycles. The highest BCUT2D eigenvalue weighted by molar-refractivity contribution is 6.30. The molecule has 0 saturated carbocycles. The number of imide groups is 1. The quantitative estimate of drug-likeness (QED) is 0.833. The van der Waals surface area contributed by atoms with Gasteiger partial charge in [0.05, 0.1) is 17.7 Å². The minimum atomic E-state index is -1.03. The van der Waals surface area contributed by atoms with Gasteiger partial charge in [0.15, 0.2) is 0 Å². The maximum absolute atomic E-state index is 12.5. The first-order valence-electron chi connectivity index (χ1n) is 7.18. The van der Waals surface area contributed by atoms with E-state index in [9.17, 15) is 14.4 Å². The molecule has 2 N–H and O–H groups in total. The Kier molecular flexibility index (Phi) is 4.22. The van der Waals surface area contributed by atoms with Crippen molar-refractivity contribution in [2.24, 2.45) is 0 Å². The van der Waals surface area contributed by atoms with Crippen molar-refractivity contribution in [3.05, 3.63) is 59.1 Å². The van der Waals surface area contributed by atoms with Crippen LogP contribution in [-0.4, -0.2) is 28.9 Å². The normalized spacial score (nSPS) is 17.2. The summed E-state index contributed by atoms with van der Waals surface area (Å²) in [6.07, 6.45) is 0.0299. The van der Waals surface area contributed by atoms with Crippen LogP contribution < -0.4 is 10.2 Å². The average molecular weight is 345 g/mol. The number of rotatable bonds is 4. The van der Waals surface area contributed by atoms with Crippen molar-refractivity contribution in [2.45, 2.75) is 12.5 Å². The Hall–Kier alpha value is -2.86. The first-order chi connectivity index (χ1) is 11.5. The summed E-state index contributed by atoms with van der Waals surface area (Å²) in [6.45, 7) is 0. The van der Waals surface area contributed by atoms with Crippen LogP contribution in [0.1, 0.15) is 16.8 Å². The number of hydrogen-bond acceptors (Lipinski definition) is 4. The third-order valence-electron chi connectivity index (χ3n) is 3.70. The zero-order valence-electron chi connectivity index (χ0n) is 12.4. The van der Waals surface area contributed by atoms with Crippen LogP contribution in [0.15, 0.2) is 48.5 Å². The molecule has 122 valence electrons. The number of benzene rings is 2. The fraction of sp³-hybridized carbons (Fsp3) is 0.118. The van der Waals surface area contributed by atoms with Gasteiger partial charge in [0.25, 0.3) is 5.91 Å². The van der Waals surface area contributed by atoms with Crippen molar-refractivity contribution in [1.29, 1.82) is 0 Å². The molecule has 1 saturated heterocycles. The molecule has 3 rings (SSSR count). The summed E-state index contributed by atoms with van der Waals surface area (Å²) in [5.74, 6) is -1.69.